The average Bonchev–Trinajstić information content (AvgIpc) is 3.13. The number of H-pyrrole nitrogens is 1. The van der Waals surface area contributed by atoms with E-state index in [1.165, 1.54) is 0 Å². The second-order valence-electron chi connectivity index (χ2n) is 8.47. The fourth-order valence-corrected chi connectivity index (χ4v) is 3.46. The Labute approximate surface area is 176 Å². The lowest BCUT2D eigenvalue weighted by molar-refractivity contribution is 0.00578. The Morgan fingerprint density at radius 2 is 1.77 bits per heavy atom. The number of hydrogen-bond acceptors (Lipinski definition) is 5. The van der Waals surface area contributed by atoms with Crippen molar-refractivity contribution in [3.05, 3.63) is 52.9 Å². The smallest absolute Gasteiger partial charge is 0.491 e. The van der Waals surface area contributed by atoms with Crippen LogP contribution in [0.3, 0.4) is 0 Å². The van der Waals surface area contributed by atoms with E-state index >= 15 is 0 Å². The summed E-state index contributed by atoms with van der Waals surface area (Å²) in [6.45, 7) is 9.02. The molecule has 30 heavy (non-hydrogen) atoms. The summed E-state index contributed by atoms with van der Waals surface area (Å²) in [5.74, 6) is 0.674. The molecule has 3 aromatic rings. The van der Waals surface area contributed by atoms with Crippen LogP contribution < -0.4 is 15.9 Å². The molecule has 0 amide bonds. The van der Waals surface area contributed by atoms with E-state index in [-0.39, 0.29) is 5.69 Å². The molecule has 0 aliphatic carbocycles. The predicted molar refractivity (Wildman–Crippen MR) is 117 cm³/mol. The molecule has 1 aromatic heterocycles. The topological polar surface area (TPSA) is 74.7 Å². The number of nitrogens with zero attached hydrogens (tertiary/aromatic N) is 1. The van der Waals surface area contributed by atoms with Crippen LogP contribution in [-0.2, 0) is 14.0 Å². The molecule has 0 radical (unpaired) electrons. The van der Waals surface area contributed by atoms with Crippen LogP contribution >= 0.6 is 0 Å². The van der Waals surface area contributed by atoms with E-state index in [0.717, 1.165) is 16.5 Å². The van der Waals surface area contributed by atoms with Gasteiger partial charge in [-0.05, 0) is 57.4 Å². The summed E-state index contributed by atoms with van der Waals surface area (Å²) in [5.41, 5.74) is 1.99. The Morgan fingerprint density at radius 3 is 2.47 bits per heavy atom. The van der Waals surface area contributed by atoms with Gasteiger partial charge >= 0.3 is 12.8 Å². The monoisotopic (exact) mass is 410 g/mol. The minimum Gasteiger partial charge on any atom is -0.491 e. The first-order valence-corrected chi connectivity index (χ1v) is 10.0. The van der Waals surface area contributed by atoms with Gasteiger partial charge in [0.05, 0.1) is 34.5 Å². The van der Waals surface area contributed by atoms with E-state index in [2.05, 4.69) is 4.98 Å². The Morgan fingerprint density at radius 1 is 1.03 bits per heavy atom. The summed E-state index contributed by atoms with van der Waals surface area (Å²) in [5, 5.41) is 0. The van der Waals surface area contributed by atoms with Gasteiger partial charge in [-0.3, -0.25) is 4.57 Å². The fourth-order valence-electron chi connectivity index (χ4n) is 3.46. The lowest BCUT2D eigenvalue weighted by Gasteiger charge is -2.32. The molecule has 158 valence electrons. The number of benzene rings is 2. The quantitative estimate of drug-likeness (QED) is 0.500. The number of ether oxygens (including phenoxy) is 2. The third-order valence-corrected chi connectivity index (χ3v) is 5.86. The zero-order chi connectivity index (χ0) is 21.5. The number of aromatic nitrogens is 2. The fraction of sp³-hybridized carbons (Fsp3) is 0.409. The molecule has 1 fully saturated rings. The maximum absolute atomic E-state index is 12.7. The highest BCUT2D eigenvalue weighted by Crippen LogP contribution is 2.36. The van der Waals surface area contributed by atoms with Crippen LogP contribution in [0.5, 0.6) is 5.75 Å². The van der Waals surface area contributed by atoms with Crippen LogP contribution in [0.2, 0.25) is 0 Å². The van der Waals surface area contributed by atoms with Gasteiger partial charge in [-0.1, -0.05) is 12.1 Å². The minimum atomic E-state index is -0.499. The van der Waals surface area contributed by atoms with Crippen molar-refractivity contribution >= 4 is 23.6 Å². The van der Waals surface area contributed by atoms with Gasteiger partial charge in [-0.2, -0.15) is 0 Å². The number of aromatic amines is 1. The van der Waals surface area contributed by atoms with Crippen LogP contribution in [0.15, 0.2) is 47.3 Å². The molecule has 1 aliphatic rings. The molecule has 4 rings (SSSR count). The molecular weight excluding hydrogens is 383 g/mol. The molecule has 7 nitrogen and oxygen atoms in total. The highest BCUT2D eigenvalue weighted by Gasteiger charge is 2.51. The molecule has 1 aliphatic heterocycles. The summed E-state index contributed by atoms with van der Waals surface area (Å²) >= 11 is 0. The Balaban J connectivity index is 1.72. The normalized spacial score (nSPS) is 17.6. The number of methoxy groups -OCH3 is 1. The van der Waals surface area contributed by atoms with Crippen LogP contribution in [0.25, 0.3) is 16.7 Å². The average molecular weight is 410 g/mol. The van der Waals surface area contributed by atoms with Gasteiger partial charge in [-0.25, -0.2) is 4.79 Å². The number of imidazole rings is 1. The van der Waals surface area contributed by atoms with E-state index in [1.54, 1.807) is 11.7 Å². The first-order valence-electron chi connectivity index (χ1n) is 10.0. The van der Waals surface area contributed by atoms with E-state index in [4.69, 9.17) is 18.8 Å². The zero-order valence-corrected chi connectivity index (χ0v) is 18.0. The van der Waals surface area contributed by atoms with Gasteiger partial charge < -0.3 is 23.8 Å². The molecule has 0 saturated carbocycles. The predicted octanol–water partition coefficient (Wildman–Crippen LogP) is 2.64. The molecule has 0 unspecified atom stereocenters. The van der Waals surface area contributed by atoms with E-state index in [1.807, 2.05) is 70.2 Å². The van der Waals surface area contributed by atoms with Crippen LogP contribution in [0, 0.1) is 0 Å². The van der Waals surface area contributed by atoms with Crippen molar-refractivity contribution < 1.29 is 18.8 Å². The van der Waals surface area contributed by atoms with Gasteiger partial charge in [0.2, 0.25) is 0 Å². The van der Waals surface area contributed by atoms with Crippen molar-refractivity contribution in [3.63, 3.8) is 0 Å². The first kappa shape index (κ1) is 20.7. The SMILES string of the molecule is COCCOc1cccc(-n2c(=O)[nH]c3ccc(B4OC(C)(C)C(C)(C)O4)cc32)c1. The molecular formula is C22H27BN2O5. The maximum Gasteiger partial charge on any atom is 0.494 e. The third-order valence-electron chi connectivity index (χ3n) is 5.86. The van der Waals surface area contributed by atoms with Crippen LogP contribution in [0.1, 0.15) is 27.7 Å². The van der Waals surface area contributed by atoms with Gasteiger partial charge in [-0.15, -0.1) is 0 Å². The van der Waals surface area contributed by atoms with Crippen LogP contribution in [-0.4, -0.2) is 48.2 Å². The first-order chi connectivity index (χ1) is 14.2. The lowest BCUT2D eigenvalue weighted by Crippen LogP contribution is -2.41. The lowest BCUT2D eigenvalue weighted by atomic mass is 9.79. The number of hydrogen-bond donors (Lipinski definition) is 1. The molecule has 8 heteroatoms. The highest BCUT2D eigenvalue weighted by molar-refractivity contribution is 6.62. The van der Waals surface area contributed by atoms with Crippen molar-refractivity contribution in [2.45, 2.75) is 38.9 Å². The largest absolute Gasteiger partial charge is 0.494 e. The molecule has 0 bridgehead atoms. The summed E-state index contributed by atoms with van der Waals surface area (Å²) < 4.78 is 24.7. The Hall–Kier alpha value is -2.55. The van der Waals surface area contributed by atoms with Crippen molar-refractivity contribution in [2.75, 3.05) is 20.3 Å². The zero-order valence-electron chi connectivity index (χ0n) is 18.0. The van der Waals surface area contributed by atoms with Gasteiger partial charge in [0.25, 0.3) is 0 Å². The molecule has 1 saturated heterocycles. The van der Waals surface area contributed by atoms with E-state index in [0.29, 0.717) is 24.7 Å². The highest BCUT2D eigenvalue weighted by atomic mass is 16.7. The second-order valence-corrected chi connectivity index (χ2v) is 8.47. The standard InChI is InChI=1S/C22H27BN2O5/c1-21(2)22(3,4)30-23(29-21)15-9-10-18-19(13-15)25(20(26)24-18)16-7-6-8-17(14-16)28-12-11-27-5/h6-10,13-14H,11-12H2,1-5H3,(H,24,26). The molecule has 1 N–H and O–H groups in total. The Bertz CT molecular complexity index is 1100. The molecule has 2 heterocycles. The third kappa shape index (κ3) is 3.66. The van der Waals surface area contributed by atoms with Crippen molar-refractivity contribution in [2.24, 2.45) is 0 Å². The van der Waals surface area contributed by atoms with Gasteiger partial charge in [0, 0.05) is 13.2 Å². The summed E-state index contributed by atoms with van der Waals surface area (Å²) in [7, 11) is 1.13. The second kappa shape index (κ2) is 7.61. The number of fused-ring (bicyclic) bond motifs is 1. The maximum atomic E-state index is 12.7. The molecule has 0 spiro atoms. The molecule has 0 atom stereocenters. The van der Waals surface area contributed by atoms with Crippen molar-refractivity contribution in [1.82, 2.24) is 9.55 Å². The summed E-state index contributed by atoms with van der Waals surface area (Å²) in [6, 6.07) is 13.2. The van der Waals surface area contributed by atoms with E-state index < -0.39 is 18.3 Å². The molecule has 2 aromatic carbocycles. The minimum absolute atomic E-state index is 0.217. The van der Waals surface area contributed by atoms with Crippen LogP contribution in [0.4, 0.5) is 0 Å². The Kier molecular flexibility index (Phi) is 5.26. The summed E-state index contributed by atoms with van der Waals surface area (Å²) in [6.07, 6.45) is 0. The van der Waals surface area contributed by atoms with Crippen molar-refractivity contribution in [1.29, 1.82) is 0 Å². The summed E-state index contributed by atoms with van der Waals surface area (Å²) in [4.78, 5) is 15.6. The van der Waals surface area contributed by atoms with Gasteiger partial charge in [0.15, 0.2) is 0 Å². The van der Waals surface area contributed by atoms with Gasteiger partial charge in [0.1, 0.15) is 12.4 Å². The number of rotatable bonds is 6. The number of nitrogens with one attached hydrogen (secondary N) is 1. The van der Waals surface area contributed by atoms with E-state index in [9.17, 15) is 4.79 Å². The van der Waals surface area contributed by atoms with Crippen molar-refractivity contribution in [3.8, 4) is 11.4 Å².